The number of rotatable bonds is 3. The van der Waals surface area contributed by atoms with Crippen molar-refractivity contribution in [1.29, 1.82) is 0 Å². The molecule has 0 aliphatic carbocycles. The largest absolute Gasteiger partial charge is 0.478 e. The van der Waals surface area contributed by atoms with Crippen molar-refractivity contribution in [3.63, 3.8) is 0 Å². The summed E-state index contributed by atoms with van der Waals surface area (Å²) in [6.45, 7) is 1.92. The van der Waals surface area contributed by atoms with Crippen molar-refractivity contribution >= 4 is 16.0 Å². The summed E-state index contributed by atoms with van der Waals surface area (Å²) in [6, 6.07) is 0. The summed E-state index contributed by atoms with van der Waals surface area (Å²) < 4.78 is 24.1. The Morgan fingerprint density at radius 2 is 2.29 bits per heavy atom. The van der Waals surface area contributed by atoms with Crippen LogP contribution in [0.1, 0.15) is 13.3 Å². The first-order chi connectivity index (χ1) is 6.47. The van der Waals surface area contributed by atoms with Crippen LogP contribution in [0, 0.1) is 0 Å². The Kier molecular flexibility index (Phi) is 3.28. The highest BCUT2D eigenvalue weighted by Gasteiger charge is 2.25. The van der Waals surface area contributed by atoms with E-state index in [1.807, 2.05) is 0 Å². The van der Waals surface area contributed by atoms with E-state index in [1.54, 1.807) is 13.0 Å². The monoisotopic (exact) mass is 219 g/mol. The highest BCUT2D eigenvalue weighted by atomic mass is 32.2. The molecular formula is C8H13NO4S. The minimum Gasteiger partial charge on any atom is -0.478 e. The van der Waals surface area contributed by atoms with E-state index in [1.165, 1.54) is 4.31 Å². The van der Waals surface area contributed by atoms with E-state index in [0.29, 0.717) is 13.0 Å². The number of carbonyl (C=O) groups is 1. The molecule has 0 aromatic carbocycles. The Morgan fingerprint density at radius 3 is 2.79 bits per heavy atom. The molecule has 1 rings (SSSR count). The van der Waals surface area contributed by atoms with Gasteiger partial charge < -0.3 is 5.11 Å². The fourth-order valence-corrected chi connectivity index (χ4v) is 2.38. The van der Waals surface area contributed by atoms with Crippen LogP contribution in [0.5, 0.6) is 0 Å². The van der Waals surface area contributed by atoms with Gasteiger partial charge in [-0.2, -0.15) is 4.31 Å². The van der Waals surface area contributed by atoms with Crippen molar-refractivity contribution in [3.05, 3.63) is 11.6 Å². The van der Waals surface area contributed by atoms with Gasteiger partial charge in [0, 0.05) is 18.7 Å². The Balaban J connectivity index is 2.81. The number of hydrogen-bond donors (Lipinski definition) is 1. The van der Waals surface area contributed by atoms with Crippen molar-refractivity contribution in [1.82, 2.24) is 4.31 Å². The summed E-state index contributed by atoms with van der Waals surface area (Å²) in [5.74, 6) is -1.03. The summed E-state index contributed by atoms with van der Waals surface area (Å²) in [5, 5.41) is 8.70. The maximum absolute atomic E-state index is 11.4. The molecule has 0 radical (unpaired) electrons. The number of nitrogens with zero attached hydrogens (tertiary/aromatic N) is 1. The van der Waals surface area contributed by atoms with Crippen LogP contribution in [0.4, 0.5) is 0 Å². The van der Waals surface area contributed by atoms with Crippen LogP contribution in [-0.4, -0.2) is 42.6 Å². The molecule has 0 spiro atoms. The van der Waals surface area contributed by atoms with Crippen LogP contribution < -0.4 is 0 Å². The molecule has 0 aromatic heterocycles. The third-order valence-electron chi connectivity index (χ3n) is 2.15. The van der Waals surface area contributed by atoms with Gasteiger partial charge >= 0.3 is 5.97 Å². The van der Waals surface area contributed by atoms with Crippen LogP contribution in [0.15, 0.2) is 11.6 Å². The molecule has 0 unspecified atom stereocenters. The van der Waals surface area contributed by atoms with Gasteiger partial charge in [-0.1, -0.05) is 6.08 Å². The van der Waals surface area contributed by atoms with Crippen molar-refractivity contribution in [2.75, 3.05) is 18.8 Å². The standard InChI is InChI=1S/C8H13NO4S/c1-2-14(12,13)9-5-3-4-7(6-9)8(10)11/h4H,2-3,5-6H2,1H3,(H,10,11). The van der Waals surface area contributed by atoms with Gasteiger partial charge in [0.05, 0.1) is 5.75 Å². The van der Waals surface area contributed by atoms with Crippen molar-refractivity contribution in [2.24, 2.45) is 0 Å². The summed E-state index contributed by atoms with van der Waals surface area (Å²) in [6.07, 6.45) is 2.05. The van der Waals surface area contributed by atoms with E-state index in [9.17, 15) is 13.2 Å². The molecule has 0 bridgehead atoms. The second kappa shape index (κ2) is 4.10. The Hall–Kier alpha value is -0.880. The number of carboxylic acid groups (broad SMARTS) is 1. The van der Waals surface area contributed by atoms with Crippen LogP contribution >= 0.6 is 0 Å². The van der Waals surface area contributed by atoms with E-state index < -0.39 is 16.0 Å². The van der Waals surface area contributed by atoms with Gasteiger partial charge in [-0.3, -0.25) is 0 Å². The topological polar surface area (TPSA) is 74.7 Å². The Morgan fingerprint density at radius 1 is 1.64 bits per heavy atom. The fraction of sp³-hybridized carbons (Fsp3) is 0.625. The zero-order chi connectivity index (χ0) is 10.8. The lowest BCUT2D eigenvalue weighted by molar-refractivity contribution is -0.132. The highest BCUT2D eigenvalue weighted by molar-refractivity contribution is 7.89. The van der Waals surface area contributed by atoms with E-state index in [-0.39, 0.29) is 17.9 Å². The predicted octanol–water partition coefficient (Wildman–Crippen LogP) is 0.0528. The van der Waals surface area contributed by atoms with E-state index in [2.05, 4.69) is 0 Å². The van der Waals surface area contributed by atoms with E-state index >= 15 is 0 Å². The van der Waals surface area contributed by atoms with Crippen LogP contribution in [0.2, 0.25) is 0 Å². The van der Waals surface area contributed by atoms with E-state index in [4.69, 9.17) is 5.11 Å². The minimum absolute atomic E-state index is 0.00843. The lowest BCUT2D eigenvalue weighted by Crippen LogP contribution is -2.38. The molecule has 6 heteroatoms. The first-order valence-corrected chi connectivity index (χ1v) is 5.98. The third-order valence-corrected chi connectivity index (χ3v) is 3.98. The van der Waals surface area contributed by atoms with Gasteiger partial charge in [0.1, 0.15) is 0 Å². The number of hydrogen-bond acceptors (Lipinski definition) is 3. The molecule has 1 aliphatic heterocycles. The molecule has 80 valence electrons. The summed E-state index contributed by atoms with van der Waals surface area (Å²) >= 11 is 0. The maximum Gasteiger partial charge on any atom is 0.332 e. The predicted molar refractivity (Wildman–Crippen MR) is 51.4 cm³/mol. The van der Waals surface area contributed by atoms with Gasteiger partial charge in [0.25, 0.3) is 0 Å². The second-order valence-electron chi connectivity index (χ2n) is 3.06. The SMILES string of the molecule is CCS(=O)(=O)N1CCC=C(C(=O)O)C1. The molecule has 0 atom stereocenters. The number of sulfonamides is 1. The lowest BCUT2D eigenvalue weighted by atomic mass is 10.1. The molecule has 1 N–H and O–H groups in total. The first-order valence-electron chi connectivity index (χ1n) is 4.37. The molecular weight excluding hydrogens is 206 g/mol. The zero-order valence-electron chi connectivity index (χ0n) is 7.93. The molecule has 1 heterocycles. The minimum atomic E-state index is -3.26. The highest BCUT2D eigenvalue weighted by Crippen LogP contribution is 2.13. The molecule has 5 nitrogen and oxygen atoms in total. The quantitative estimate of drug-likeness (QED) is 0.728. The second-order valence-corrected chi connectivity index (χ2v) is 5.31. The summed E-state index contributed by atoms with van der Waals surface area (Å²) in [4.78, 5) is 10.6. The van der Waals surface area contributed by atoms with Gasteiger partial charge in [0.15, 0.2) is 0 Å². The molecule has 1 aliphatic rings. The molecule has 0 amide bonds. The fourth-order valence-electron chi connectivity index (χ4n) is 1.29. The summed E-state index contributed by atoms with van der Waals surface area (Å²) in [5.41, 5.74) is 0.160. The number of carboxylic acids is 1. The molecule has 0 fully saturated rings. The molecule has 0 aromatic rings. The van der Waals surface area contributed by atoms with Crippen molar-refractivity contribution < 1.29 is 18.3 Å². The van der Waals surface area contributed by atoms with E-state index in [0.717, 1.165) is 0 Å². The molecule has 0 saturated carbocycles. The molecule has 0 saturated heterocycles. The average molecular weight is 219 g/mol. The van der Waals surface area contributed by atoms with Crippen LogP contribution in [0.3, 0.4) is 0 Å². The lowest BCUT2D eigenvalue weighted by Gasteiger charge is -2.24. The normalized spacial score (nSPS) is 19.1. The third kappa shape index (κ3) is 2.33. The average Bonchev–Trinajstić information content (AvgIpc) is 2.18. The van der Waals surface area contributed by atoms with Gasteiger partial charge in [-0.15, -0.1) is 0 Å². The zero-order valence-corrected chi connectivity index (χ0v) is 8.75. The molecule has 14 heavy (non-hydrogen) atoms. The number of aliphatic carboxylic acids is 1. The van der Waals surface area contributed by atoms with Gasteiger partial charge in [-0.05, 0) is 13.3 Å². The van der Waals surface area contributed by atoms with Crippen molar-refractivity contribution in [3.8, 4) is 0 Å². The smallest absolute Gasteiger partial charge is 0.332 e. The van der Waals surface area contributed by atoms with Crippen LogP contribution in [-0.2, 0) is 14.8 Å². The van der Waals surface area contributed by atoms with Gasteiger partial charge in [0.2, 0.25) is 10.0 Å². The first kappa shape index (κ1) is 11.2. The van der Waals surface area contributed by atoms with Crippen LogP contribution in [0.25, 0.3) is 0 Å². The van der Waals surface area contributed by atoms with Gasteiger partial charge in [-0.25, -0.2) is 13.2 Å². The van der Waals surface area contributed by atoms with Crippen molar-refractivity contribution in [2.45, 2.75) is 13.3 Å². The Labute approximate surface area is 83.1 Å². The Bertz CT molecular complexity index is 358. The summed E-state index contributed by atoms with van der Waals surface area (Å²) in [7, 11) is -3.26. The maximum atomic E-state index is 11.4.